The maximum absolute atomic E-state index is 11.5. The maximum atomic E-state index is 11.5. The van der Waals surface area contributed by atoms with Crippen molar-refractivity contribution >= 4 is 5.97 Å². The highest BCUT2D eigenvalue weighted by Gasteiger charge is 2.32. The Labute approximate surface area is 123 Å². The van der Waals surface area contributed by atoms with Gasteiger partial charge in [-0.2, -0.15) is 0 Å². The molecule has 1 aromatic heterocycles. The standard InChI is InChI=1S/C16H18N2O3/c1-10-11(2)21-15(17-10)9-18-8-13-6-4-3-5-12(13)7-14(18)16(19)20/h3-6,14H,7-9H2,1-2H3,(H,19,20). The Hall–Kier alpha value is -2.14. The molecule has 5 nitrogen and oxygen atoms in total. The van der Waals surface area contributed by atoms with Crippen LogP contribution in [0.5, 0.6) is 0 Å². The molecular weight excluding hydrogens is 268 g/mol. The zero-order chi connectivity index (χ0) is 15.0. The fraction of sp³-hybridized carbons (Fsp3) is 0.375. The van der Waals surface area contributed by atoms with Gasteiger partial charge < -0.3 is 9.52 Å². The minimum absolute atomic E-state index is 0.417. The summed E-state index contributed by atoms with van der Waals surface area (Å²) in [5.74, 6) is 0.564. The lowest BCUT2D eigenvalue weighted by atomic mass is 9.94. The number of rotatable bonds is 3. The minimum atomic E-state index is -0.801. The molecule has 110 valence electrons. The molecule has 0 amide bonds. The molecule has 0 bridgehead atoms. The second-order valence-electron chi connectivity index (χ2n) is 5.48. The molecule has 1 aromatic carbocycles. The van der Waals surface area contributed by atoms with Crippen molar-refractivity contribution in [3.8, 4) is 0 Å². The Morgan fingerprint density at radius 3 is 2.71 bits per heavy atom. The fourth-order valence-corrected chi connectivity index (χ4v) is 2.77. The fourth-order valence-electron chi connectivity index (χ4n) is 2.77. The van der Waals surface area contributed by atoms with Crippen molar-refractivity contribution in [1.29, 1.82) is 0 Å². The monoisotopic (exact) mass is 286 g/mol. The first-order chi connectivity index (χ1) is 10.0. The molecule has 5 heteroatoms. The third kappa shape index (κ3) is 2.69. The number of oxazole rings is 1. The van der Waals surface area contributed by atoms with Gasteiger partial charge in [0.25, 0.3) is 0 Å². The molecule has 1 atom stereocenters. The summed E-state index contributed by atoms with van der Waals surface area (Å²) in [4.78, 5) is 17.8. The zero-order valence-corrected chi connectivity index (χ0v) is 12.2. The van der Waals surface area contributed by atoms with Crippen LogP contribution < -0.4 is 0 Å². The maximum Gasteiger partial charge on any atom is 0.321 e. The number of nitrogens with zero attached hydrogens (tertiary/aromatic N) is 2. The van der Waals surface area contributed by atoms with Crippen molar-refractivity contribution < 1.29 is 14.3 Å². The highest BCUT2D eigenvalue weighted by atomic mass is 16.4. The van der Waals surface area contributed by atoms with Crippen LogP contribution in [0.3, 0.4) is 0 Å². The lowest BCUT2D eigenvalue weighted by molar-refractivity contribution is -0.144. The molecule has 0 aliphatic carbocycles. The van der Waals surface area contributed by atoms with Gasteiger partial charge >= 0.3 is 5.97 Å². The molecule has 2 heterocycles. The van der Waals surface area contributed by atoms with Crippen LogP contribution in [0.2, 0.25) is 0 Å². The van der Waals surface area contributed by atoms with E-state index >= 15 is 0 Å². The van der Waals surface area contributed by atoms with Gasteiger partial charge in [-0.25, -0.2) is 4.98 Å². The van der Waals surface area contributed by atoms with Gasteiger partial charge in [-0.1, -0.05) is 24.3 Å². The molecule has 21 heavy (non-hydrogen) atoms. The predicted octanol–water partition coefficient (Wildman–Crippen LogP) is 2.30. The number of aromatic nitrogens is 1. The van der Waals surface area contributed by atoms with Gasteiger partial charge in [-0.15, -0.1) is 0 Å². The number of benzene rings is 1. The first-order valence-corrected chi connectivity index (χ1v) is 7.01. The number of aliphatic carboxylic acids is 1. The summed E-state index contributed by atoms with van der Waals surface area (Å²) in [6.07, 6.45) is 0.518. The van der Waals surface area contributed by atoms with Crippen molar-refractivity contribution in [2.75, 3.05) is 0 Å². The average Bonchev–Trinajstić information content (AvgIpc) is 2.76. The Morgan fingerprint density at radius 2 is 2.10 bits per heavy atom. The first-order valence-electron chi connectivity index (χ1n) is 7.01. The summed E-state index contributed by atoms with van der Waals surface area (Å²) in [5, 5.41) is 9.48. The van der Waals surface area contributed by atoms with Crippen molar-refractivity contribution in [2.24, 2.45) is 0 Å². The molecular formula is C16H18N2O3. The van der Waals surface area contributed by atoms with E-state index in [1.807, 2.05) is 43.0 Å². The molecule has 1 unspecified atom stereocenters. The summed E-state index contributed by atoms with van der Waals surface area (Å²) >= 11 is 0. The molecule has 1 aliphatic rings. The second-order valence-corrected chi connectivity index (χ2v) is 5.48. The highest BCUT2D eigenvalue weighted by Crippen LogP contribution is 2.25. The molecule has 0 spiro atoms. The van der Waals surface area contributed by atoms with Gasteiger partial charge in [0.2, 0.25) is 5.89 Å². The van der Waals surface area contributed by atoms with Gasteiger partial charge in [0.05, 0.1) is 12.2 Å². The van der Waals surface area contributed by atoms with Crippen molar-refractivity contribution in [2.45, 2.75) is 39.4 Å². The van der Waals surface area contributed by atoms with E-state index in [-0.39, 0.29) is 0 Å². The number of hydrogen-bond acceptors (Lipinski definition) is 4. The number of carboxylic acids is 1. The third-order valence-corrected chi connectivity index (χ3v) is 4.04. The largest absolute Gasteiger partial charge is 0.480 e. The number of hydrogen-bond donors (Lipinski definition) is 1. The highest BCUT2D eigenvalue weighted by molar-refractivity contribution is 5.74. The molecule has 3 rings (SSSR count). The van der Waals surface area contributed by atoms with Crippen molar-refractivity contribution in [1.82, 2.24) is 9.88 Å². The van der Waals surface area contributed by atoms with Crippen molar-refractivity contribution in [3.05, 3.63) is 52.7 Å². The lowest BCUT2D eigenvalue weighted by Gasteiger charge is -2.33. The normalized spacial score (nSPS) is 18.5. The topological polar surface area (TPSA) is 66.6 Å². The van der Waals surface area contributed by atoms with Crippen LogP contribution >= 0.6 is 0 Å². The van der Waals surface area contributed by atoms with Crippen molar-refractivity contribution in [3.63, 3.8) is 0 Å². The van der Waals surface area contributed by atoms with E-state index in [1.165, 1.54) is 5.56 Å². The van der Waals surface area contributed by atoms with Gasteiger partial charge in [0, 0.05) is 6.54 Å². The first kappa shape index (κ1) is 13.8. The number of fused-ring (bicyclic) bond motifs is 1. The van der Waals surface area contributed by atoms with Gasteiger partial charge in [0.15, 0.2) is 0 Å². The molecule has 2 aromatic rings. The summed E-state index contributed by atoms with van der Waals surface area (Å²) in [6, 6.07) is 7.45. The minimum Gasteiger partial charge on any atom is -0.480 e. The molecule has 0 saturated heterocycles. The molecule has 0 fully saturated rings. The van der Waals surface area contributed by atoms with Crippen LogP contribution in [0.15, 0.2) is 28.7 Å². The van der Waals surface area contributed by atoms with E-state index in [9.17, 15) is 9.90 Å². The molecule has 1 N–H and O–H groups in total. The molecule has 0 radical (unpaired) electrons. The van der Waals surface area contributed by atoms with E-state index in [0.29, 0.717) is 25.4 Å². The van der Waals surface area contributed by atoms with Crippen LogP contribution in [0.4, 0.5) is 0 Å². The van der Waals surface area contributed by atoms with Gasteiger partial charge in [-0.05, 0) is 31.4 Å². The van der Waals surface area contributed by atoms with Gasteiger partial charge in [0.1, 0.15) is 11.8 Å². The number of carbonyl (C=O) groups is 1. The van der Waals surface area contributed by atoms with Crippen LogP contribution in [0.1, 0.15) is 28.5 Å². The Kier molecular flexibility index (Phi) is 3.51. The third-order valence-electron chi connectivity index (χ3n) is 4.04. The van der Waals surface area contributed by atoms with E-state index in [4.69, 9.17) is 4.42 Å². The van der Waals surface area contributed by atoms with Gasteiger partial charge in [-0.3, -0.25) is 9.69 Å². The molecule has 0 saturated carbocycles. The van der Waals surface area contributed by atoms with Crippen LogP contribution in [-0.4, -0.2) is 27.0 Å². The van der Waals surface area contributed by atoms with E-state index in [0.717, 1.165) is 17.0 Å². The average molecular weight is 286 g/mol. The molecule has 1 aliphatic heterocycles. The van der Waals surface area contributed by atoms with Crippen LogP contribution in [-0.2, 0) is 24.3 Å². The Morgan fingerprint density at radius 1 is 1.38 bits per heavy atom. The smallest absolute Gasteiger partial charge is 0.321 e. The second kappa shape index (κ2) is 5.33. The number of carboxylic acid groups (broad SMARTS) is 1. The summed E-state index contributed by atoms with van der Waals surface area (Å²) < 4.78 is 5.59. The van der Waals surface area contributed by atoms with E-state index in [2.05, 4.69) is 4.98 Å². The van der Waals surface area contributed by atoms with E-state index < -0.39 is 12.0 Å². The summed E-state index contributed by atoms with van der Waals surface area (Å²) in [7, 11) is 0. The quantitative estimate of drug-likeness (QED) is 0.937. The van der Waals surface area contributed by atoms with Crippen LogP contribution in [0, 0.1) is 13.8 Å². The number of aryl methyl sites for hydroxylation is 2. The van der Waals surface area contributed by atoms with E-state index in [1.54, 1.807) is 0 Å². The Bertz CT molecular complexity index is 658. The summed E-state index contributed by atoms with van der Waals surface area (Å²) in [6.45, 7) is 4.78. The van der Waals surface area contributed by atoms with Crippen LogP contribution in [0.25, 0.3) is 0 Å². The summed E-state index contributed by atoms with van der Waals surface area (Å²) in [5.41, 5.74) is 3.14. The Balaban J connectivity index is 1.87. The lowest BCUT2D eigenvalue weighted by Crippen LogP contribution is -2.45. The SMILES string of the molecule is Cc1nc(CN2Cc3ccccc3CC2C(=O)O)oc1C. The zero-order valence-electron chi connectivity index (χ0n) is 12.2. The predicted molar refractivity (Wildman–Crippen MR) is 76.8 cm³/mol.